The second-order valence-electron chi connectivity index (χ2n) is 8.18. The first-order chi connectivity index (χ1) is 11.7. The Morgan fingerprint density at radius 2 is 1.64 bits per heavy atom. The lowest BCUT2D eigenvalue weighted by Gasteiger charge is -2.31. The molecule has 0 aliphatic carbocycles. The van der Waals surface area contributed by atoms with Crippen LogP contribution in [-0.4, -0.2) is 36.0 Å². The Labute approximate surface area is 151 Å². The van der Waals surface area contributed by atoms with Crippen LogP contribution < -0.4 is 10.6 Å². The number of piperidine rings is 1. The highest BCUT2D eigenvalue weighted by atomic mass is 16.2. The minimum atomic E-state index is -0.0915. The van der Waals surface area contributed by atoms with Crippen molar-refractivity contribution in [1.29, 1.82) is 0 Å². The number of benzene rings is 1. The molecule has 1 saturated heterocycles. The van der Waals surface area contributed by atoms with E-state index in [-0.39, 0.29) is 29.3 Å². The van der Waals surface area contributed by atoms with Gasteiger partial charge < -0.3 is 15.5 Å². The van der Waals surface area contributed by atoms with Crippen LogP contribution in [-0.2, 0) is 10.2 Å². The van der Waals surface area contributed by atoms with E-state index in [1.54, 1.807) is 4.90 Å². The number of amides is 3. The summed E-state index contributed by atoms with van der Waals surface area (Å²) in [5, 5.41) is 5.91. The molecule has 2 N–H and O–H groups in total. The zero-order valence-electron chi connectivity index (χ0n) is 16.1. The molecule has 5 heteroatoms. The number of anilines is 1. The van der Waals surface area contributed by atoms with Gasteiger partial charge in [0.2, 0.25) is 5.91 Å². The summed E-state index contributed by atoms with van der Waals surface area (Å²) in [6.07, 6.45) is 1.43. The highest BCUT2D eigenvalue weighted by Crippen LogP contribution is 2.24. The number of nitrogens with zero attached hydrogens (tertiary/aromatic N) is 1. The van der Waals surface area contributed by atoms with Gasteiger partial charge in [-0.25, -0.2) is 4.79 Å². The Bertz CT molecular complexity index is 594. The van der Waals surface area contributed by atoms with Gasteiger partial charge in [0.15, 0.2) is 0 Å². The summed E-state index contributed by atoms with van der Waals surface area (Å²) in [6.45, 7) is 11.7. The maximum absolute atomic E-state index is 12.4. The second kappa shape index (κ2) is 7.89. The molecular formula is C20H31N3O2. The van der Waals surface area contributed by atoms with Crippen LogP contribution in [0.2, 0.25) is 0 Å². The first kappa shape index (κ1) is 19.3. The average molecular weight is 345 g/mol. The summed E-state index contributed by atoms with van der Waals surface area (Å²) in [5.41, 5.74) is 2.14. The quantitative estimate of drug-likeness (QED) is 0.876. The van der Waals surface area contributed by atoms with Crippen LogP contribution in [0.25, 0.3) is 0 Å². The summed E-state index contributed by atoms with van der Waals surface area (Å²) < 4.78 is 0. The number of rotatable bonds is 3. The number of hydrogen-bond donors (Lipinski definition) is 2. The van der Waals surface area contributed by atoms with Gasteiger partial charge in [0, 0.05) is 30.7 Å². The van der Waals surface area contributed by atoms with Crippen molar-refractivity contribution in [3.05, 3.63) is 29.8 Å². The molecule has 0 atom stereocenters. The Hall–Kier alpha value is -2.04. The van der Waals surface area contributed by atoms with E-state index in [9.17, 15) is 9.59 Å². The van der Waals surface area contributed by atoms with E-state index in [0.29, 0.717) is 13.1 Å². The Morgan fingerprint density at radius 3 is 2.12 bits per heavy atom. The second-order valence-corrected chi connectivity index (χ2v) is 8.18. The lowest BCUT2D eigenvalue weighted by atomic mass is 9.87. The van der Waals surface area contributed by atoms with Crippen LogP contribution in [0.5, 0.6) is 0 Å². The van der Waals surface area contributed by atoms with Crippen molar-refractivity contribution >= 4 is 17.6 Å². The molecule has 1 aliphatic rings. The van der Waals surface area contributed by atoms with Crippen molar-refractivity contribution in [2.75, 3.05) is 18.4 Å². The molecule has 1 fully saturated rings. The van der Waals surface area contributed by atoms with Gasteiger partial charge in [0.25, 0.3) is 0 Å². The third-order valence-corrected chi connectivity index (χ3v) is 4.59. The molecule has 1 aromatic rings. The fourth-order valence-electron chi connectivity index (χ4n) is 3.00. The summed E-state index contributed by atoms with van der Waals surface area (Å²) in [4.78, 5) is 26.3. The van der Waals surface area contributed by atoms with Crippen LogP contribution in [0, 0.1) is 5.92 Å². The molecule has 1 aliphatic heterocycles. The highest BCUT2D eigenvalue weighted by molar-refractivity contribution is 5.89. The first-order valence-corrected chi connectivity index (χ1v) is 9.13. The van der Waals surface area contributed by atoms with Crippen LogP contribution in [0.4, 0.5) is 10.5 Å². The fraction of sp³-hybridized carbons (Fsp3) is 0.600. The highest BCUT2D eigenvalue weighted by Gasteiger charge is 2.27. The van der Waals surface area contributed by atoms with Gasteiger partial charge >= 0.3 is 6.03 Å². The molecular weight excluding hydrogens is 314 g/mol. The van der Waals surface area contributed by atoms with Gasteiger partial charge in [-0.3, -0.25) is 4.79 Å². The molecule has 3 amide bonds. The van der Waals surface area contributed by atoms with Gasteiger partial charge in [0.1, 0.15) is 0 Å². The summed E-state index contributed by atoms with van der Waals surface area (Å²) in [5.74, 6) is 0.116. The number of urea groups is 1. The Kier molecular flexibility index (Phi) is 6.09. The molecule has 5 nitrogen and oxygen atoms in total. The van der Waals surface area contributed by atoms with Crippen molar-refractivity contribution in [1.82, 2.24) is 10.2 Å². The molecule has 0 radical (unpaired) electrons. The minimum absolute atomic E-state index is 0.0116. The molecule has 1 heterocycles. The zero-order chi connectivity index (χ0) is 18.6. The van der Waals surface area contributed by atoms with Crippen molar-refractivity contribution in [3.63, 3.8) is 0 Å². The standard InChI is InChI=1S/C20H31N3O2/c1-14(2)21-18(24)15-10-12-23(13-11-15)19(25)22-17-8-6-16(7-9-17)20(3,4)5/h6-9,14-15H,10-13H2,1-5H3,(H,21,24)(H,22,25). The fourth-order valence-corrected chi connectivity index (χ4v) is 3.00. The van der Waals surface area contributed by atoms with E-state index in [1.807, 2.05) is 26.0 Å². The van der Waals surface area contributed by atoms with Crippen LogP contribution >= 0.6 is 0 Å². The predicted octanol–water partition coefficient (Wildman–Crippen LogP) is 3.75. The molecule has 1 aromatic carbocycles. The van der Waals surface area contributed by atoms with Crippen molar-refractivity contribution in [2.45, 2.75) is 58.9 Å². The third kappa shape index (κ3) is 5.48. The molecule has 25 heavy (non-hydrogen) atoms. The lowest BCUT2D eigenvalue weighted by Crippen LogP contribution is -2.45. The van der Waals surface area contributed by atoms with Crippen molar-refractivity contribution < 1.29 is 9.59 Å². The van der Waals surface area contributed by atoms with Gasteiger partial charge in [-0.15, -0.1) is 0 Å². The normalized spacial score (nSPS) is 16.0. The topological polar surface area (TPSA) is 61.4 Å². The Morgan fingerprint density at radius 1 is 1.08 bits per heavy atom. The lowest BCUT2D eigenvalue weighted by molar-refractivity contribution is -0.126. The van der Waals surface area contributed by atoms with E-state index >= 15 is 0 Å². The number of hydrogen-bond acceptors (Lipinski definition) is 2. The minimum Gasteiger partial charge on any atom is -0.354 e. The van der Waals surface area contributed by atoms with E-state index in [2.05, 4.69) is 43.5 Å². The van der Waals surface area contributed by atoms with Crippen molar-refractivity contribution in [3.8, 4) is 0 Å². The predicted molar refractivity (Wildman–Crippen MR) is 102 cm³/mol. The SMILES string of the molecule is CC(C)NC(=O)C1CCN(C(=O)Nc2ccc(C(C)(C)C)cc2)CC1. The van der Waals surface area contributed by atoms with Gasteiger partial charge in [-0.05, 0) is 49.8 Å². The van der Waals surface area contributed by atoms with Gasteiger partial charge in [-0.1, -0.05) is 32.9 Å². The molecule has 2 rings (SSSR count). The molecule has 0 unspecified atom stereocenters. The average Bonchev–Trinajstić information content (AvgIpc) is 2.54. The Balaban J connectivity index is 1.85. The van der Waals surface area contributed by atoms with Crippen molar-refractivity contribution in [2.24, 2.45) is 5.92 Å². The smallest absolute Gasteiger partial charge is 0.321 e. The van der Waals surface area contributed by atoms with Gasteiger partial charge in [0.05, 0.1) is 0 Å². The maximum atomic E-state index is 12.4. The molecule has 138 valence electrons. The molecule has 0 spiro atoms. The third-order valence-electron chi connectivity index (χ3n) is 4.59. The van der Waals surface area contributed by atoms with Crippen LogP contribution in [0.15, 0.2) is 24.3 Å². The summed E-state index contributed by atoms with van der Waals surface area (Å²) in [7, 11) is 0. The summed E-state index contributed by atoms with van der Waals surface area (Å²) in [6, 6.07) is 8.06. The monoisotopic (exact) mass is 345 g/mol. The number of likely N-dealkylation sites (tertiary alicyclic amines) is 1. The maximum Gasteiger partial charge on any atom is 0.321 e. The van der Waals surface area contributed by atoms with Crippen LogP contribution in [0.3, 0.4) is 0 Å². The molecule has 0 bridgehead atoms. The number of carbonyl (C=O) groups excluding carboxylic acids is 2. The van der Waals surface area contributed by atoms with Crippen LogP contribution in [0.1, 0.15) is 53.0 Å². The van der Waals surface area contributed by atoms with Gasteiger partial charge in [-0.2, -0.15) is 0 Å². The summed E-state index contributed by atoms with van der Waals surface area (Å²) >= 11 is 0. The largest absolute Gasteiger partial charge is 0.354 e. The van der Waals surface area contributed by atoms with E-state index < -0.39 is 0 Å². The number of carbonyl (C=O) groups is 2. The zero-order valence-corrected chi connectivity index (χ0v) is 16.1. The van der Waals surface area contributed by atoms with E-state index in [0.717, 1.165) is 18.5 Å². The van der Waals surface area contributed by atoms with E-state index in [1.165, 1.54) is 5.56 Å². The number of nitrogens with one attached hydrogen (secondary N) is 2. The van der Waals surface area contributed by atoms with E-state index in [4.69, 9.17) is 0 Å². The first-order valence-electron chi connectivity index (χ1n) is 9.13. The molecule has 0 saturated carbocycles. The molecule has 0 aromatic heterocycles.